The number of piperidine rings is 1. The lowest BCUT2D eigenvalue weighted by molar-refractivity contribution is 0.171. The lowest BCUT2D eigenvalue weighted by Crippen LogP contribution is -2.40. The zero-order valence-electron chi connectivity index (χ0n) is 10.7. The standard InChI is InChI=1S/C14H20N2O2/c1-15-11-4-5-16-12(9-11)10-2-3-13-14(8-10)18-7-6-17-13/h2-3,8,11-12,15-16H,4-7,9H2,1H3. The second-order valence-electron chi connectivity index (χ2n) is 4.92. The molecule has 2 aliphatic rings. The predicted octanol–water partition coefficient (Wildman–Crippen LogP) is 1.47. The fourth-order valence-electron chi connectivity index (χ4n) is 2.71. The van der Waals surface area contributed by atoms with Gasteiger partial charge in [-0.25, -0.2) is 0 Å². The molecule has 0 saturated carbocycles. The van der Waals surface area contributed by atoms with Crippen molar-refractivity contribution in [3.05, 3.63) is 23.8 Å². The monoisotopic (exact) mass is 248 g/mol. The SMILES string of the molecule is CNC1CCNC(c2ccc3c(c2)OCCO3)C1. The summed E-state index contributed by atoms with van der Waals surface area (Å²) >= 11 is 0. The van der Waals surface area contributed by atoms with E-state index in [1.165, 1.54) is 12.0 Å². The van der Waals surface area contributed by atoms with Crippen LogP contribution >= 0.6 is 0 Å². The van der Waals surface area contributed by atoms with Crippen LogP contribution in [0.2, 0.25) is 0 Å². The first kappa shape index (κ1) is 11.8. The maximum Gasteiger partial charge on any atom is 0.161 e. The smallest absolute Gasteiger partial charge is 0.161 e. The number of rotatable bonds is 2. The van der Waals surface area contributed by atoms with E-state index in [-0.39, 0.29) is 0 Å². The van der Waals surface area contributed by atoms with Crippen LogP contribution in [0.3, 0.4) is 0 Å². The average molecular weight is 248 g/mol. The topological polar surface area (TPSA) is 42.5 Å². The molecule has 18 heavy (non-hydrogen) atoms. The molecule has 0 bridgehead atoms. The third-order valence-corrected chi connectivity index (χ3v) is 3.78. The van der Waals surface area contributed by atoms with Crippen molar-refractivity contribution >= 4 is 0 Å². The highest BCUT2D eigenvalue weighted by Gasteiger charge is 2.23. The summed E-state index contributed by atoms with van der Waals surface area (Å²) in [5, 5.41) is 6.94. The van der Waals surface area contributed by atoms with Crippen molar-refractivity contribution in [1.29, 1.82) is 0 Å². The fraction of sp³-hybridized carbons (Fsp3) is 0.571. The molecule has 0 aromatic heterocycles. The molecule has 1 saturated heterocycles. The van der Waals surface area contributed by atoms with Crippen LogP contribution in [0, 0.1) is 0 Å². The van der Waals surface area contributed by atoms with Gasteiger partial charge in [-0.15, -0.1) is 0 Å². The second kappa shape index (κ2) is 5.16. The lowest BCUT2D eigenvalue weighted by Gasteiger charge is -2.31. The maximum absolute atomic E-state index is 5.64. The van der Waals surface area contributed by atoms with E-state index in [0.717, 1.165) is 24.5 Å². The van der Waals surface area contributed by atoms with Gasteiger partial charge in [-0.1, -0.05) is 6.07 Å². The number of ether oxygens (including phenoxy) is 2. The van der Waals surface area contributed by atoms with Gasteiger partial charge in [-0.05, 0) is 44.1 Å². The molecule has 0 aliphatic carbocycles. The molecule has 1 aromatic rings. The highest BCUT2D eigenvalue weighted by atomic mass is 16.6. The minimum atomic E-state index is 0.409. The number of hydrogen-bond donors (Lipinski definition) is 2. The Balaban J connectivity index is 1.79. The van der Waals surface area contributed by atoms with E-state index in [1.54, 1.807) is 0 Å². The van der Waals surface area contributed by atoms with Gasteiger partial charge in [0.1, 0.15) is 13.2 Å². The first-order valence-corrected chi connectivity index (χ1v) is 6.67. The third kappa shape index (κ3) is 2.31. The van der Waals surface area contributed by atoms with Crippen molar-refractivity contribution in [3.63, 3.8) is 0 Å². The third-order valence-electron chi connectivity index (χ3n) is 3.78. The van der Waals surface area contributed by atoms with Gasteiger partial charge in [0.25, 0.3) is 0 Å². The zero-order chi connectivity index (χ0) is 12.4. The molecule has 2 atom stereocenters. The van der Waals surface area contributed by atoms with Crippen molar-refractivity contribution < 1.29 is 9.47 Å². The van der Waals surface area contributed by atoms with Crippen LogP contribution in [-0.4, -0.2) is 32.8 Å². The van der Waals surface area contributed by atoms with Crippen LogP contribution in [0.5, 0.6) is 11.5 Å². The van der Waals surface area contributed by atoms with E-state index in [9.17, 15) is 0 Å². The molecule has 2 N–H and O–H groups in total. The van der Waals surface area contributed by atoms with E-state index in [1.807, 2.05) is 13.1 Å². The zero-order valence-corrected chi connectivity index (χ0v) is 10.7. The van der Waals surface area contributed by atoms with Crippen LogP contribution in [0.1, 0.15) is 24.4 Å². The normalized spacial score (nSPS) is 26.9. The van der Waals surface area contributed by atoms with Crippen LogP contribution in [0.4, 0.5) is 0 Å². The molecule has 98 valence electrons. The van der Waals surface area contributed by atoms with Crippen molar-refractivity contribution in [3.8, 4) is 11.5 Å². The van der Waals surface area contributed by atoms with Gasteiger partial charge in [0.05, 0.1) is 0 Å². The van der Waals surface area contributed by atoms with Crippen molar-refractivity contribution in [2.75, 3.05) is 26.8 Å². The van der Waals surface area contributed by atoms with E-state index >= 15 is 0 Å². The average Bonchev–Trinajstić information content (AvgIpc) is 2.47. The summed E-state index contributed by atoms with van der Waals surface area (Å²) < 4.78 is 11.2. The Morgan fingerprint density at radius 3 is 2.89 bits per heavy atom. The summed E-state index contributed by atoms with van der Waals surface area (Å²) in [4.78, 5) is 0. The first-order chi connectivity index (χ1) is 8.86. The van der Waals surface area contributed by atoms with Gasteiger partial charge in [0.15, 0.2) is 11.5 Å². The van der Waals surface area contributed by atoms with Crippen molar-refractivity contribution in [2.24, 2.45) is 0 Å². The largest absolute Gasteiger partial charge is 0.486 e. The summed E-state index contributed by atoms with van der Waals surface area (Å²) in [7, 11) is 2.04. The van der Waals surface area contributed by atoms with Gasteiger partial charge in [-0.2, -0.15) is 0 Å². The van der Waals surface area contributed by atoms with Crippen molar-refractivity contribution in [1.82, 2.24) is 10.6 Å². The lowest BCUT2D eigenvalue weighted by atomic mass is 9.93. The highest BCUT2D eigenvalue weighted by molar-refractivity contribution is 5.44. The molecule has 2 aliphatic heterocycles. The summed E-state index contributed by atoms with van der Waals surface area (Å²) in [5.74, 6) is 1.75. The molecule has 0 radical (unpaired) electrons. The summed E-state index contributed by atoms with van der Waals surface area (Å²) in [6, 6.07) is 7.29. The molecule has 1 aromatic carbocycles. The Kier molecular flexibility index (Phi) is 3.39. The van der Waals surface area contributed by atoms with Crippen LogP contribution in [0.25, 0.3) is 0 Å². The Morgan fingerprint density at radius 2 is 2.06 bits per heavy atom. The molecule has 2 heterocycles. The molecule has 2 unspecified atom stereocenters. The Bertz CT molecular complexity index is 422. The maximum atomic E-state index is 5.64. The number of hydrogen-bond acceptors (Lipinski definition) is 4. The molecule has 4 heteroatoms. The molecule has 0 amide bonds. The summed E-state index contributed by atoms with van der Waals surface area (Å²) in [6.07, 6.45) is 2.31. The molecule has 4 nitrogen and oxygen atoms in total. The molecular weight excluding hydrogens is 228 g/mol. The minimum Gasteiger partial charge on any atom is -0.486 e. The summed E-state index contributed by atoms with van der Waals surface area (Å²) in [5.41, 5.74) is 1.29. The van der Waals surface area contributed by atoms with E-state index in [0.29, 0.717) is 25.3 Å². The van der Waals surface area contributed by atoms with Gasteiger partial charge >= 0.3 is 0 Å². The Morgan fingerprint density at radius 1 is 1.22 bits per heavy atom. The van der Waals surface area contributed by atoms with E-state index in [2.05, 4.69) is 22.8 Å². The van der Waals surface area contributed by atoms with E-state index in [4.69, 9.17) is 9.47 Å². The molecular formula is C14H20N2O2. The molecule has 1 fully saturated rings. The number of benzene rings is 1. The quantitative estimate of drug-likeness (QED) is 0.832. The fourth-order valence-corrected chi connectivity index (χ4v) is 2.71. The second-order valence-corrected chi connectivity index (χ2v) is 4.92. The highest BCUT2D eigenvalue weighted by Crippen LogP contribution is 2.34. The number of nitrogens with one attached hydrogen (secondary N) is 2. The number of fused-ring (bicyclic) bond motifs is 1. The van der Waals surface area contributed by atoms with Gasteiger partial charge < -0.3 is 20.1 Å². The van der Waals surface area contributed by atoms with Crippen molar-refractivity contribution in [2.45, 2.75) is 24.9 Å². The van der Waals surface area contributed by atoms with Gasteiger partial charge in [0, 0.05) is 12.1 Å². The van der Waals surface area contributed by atoms with Gasteiger partial charge in [0.2, 0.25) is 0 Å². The van der Waals surface area contributed by atoms with Crippen LogP contribution < -0.4 is 20.1 Å². The van der Waals surface area contributed by atoms with Crippen LogP contribution in [0.15, 0.2) is 18.2 Å². The Labute approximate surface area is 108 Å². The summed E-state index contributed by atoms with van der Waals surface area (Å²) in [6.45, 7) is 2.36. The Hall–Kier alpha value is -1.26. The molecule has 3 rings (SSSR count). The minimum absolute atomic E-state index is 0.409. The first-order valence-electron chi connectivity index (χ1n) is 6.67. The van der Waals surface area contributed by atoms with E-state index < -0.39 is 0 Å². The van der Waals surface area contributed by atoms with Crippen LogP contribution in [-0.2, 0) is 0 Å². The predicted molar refractivity (Wildman–Crippen MR) is 70.3 cm³/mol. The molecule has 0 spiro atoms. The van der Waals surface area contributed by atoms with Gasteiger partial charge in [-0.3, -0.25) is 0 Å².